The number of carbonyl (C=O) groups excluding carboxylic acids is 1. The van der Waals surface area contributed by atoms with Gasteiger partial charge in [-0.05, 0) is 0 Å². The van der Waals surface area contributed by atoms with Crippen LogP contribution in [0.15, 0.2) is 24.3 Å². The van der Waals surface area contributed by atoms with Gasteiger partial charge < -0.3 is 0 Å². The fraction of sp³-hybridized carbons (Fsp3) is 0.273. The van der Waals surface area contributed by atoms with Gasteiger partial charge in [0.05, 0.1) is 0 Å². The number of benzene rings is 1. The Bertz CT molecular complexity index is 384. The van der Waals surface area contributed by atoms with Gasteiger partial charge in [0.15, 0.2) is 0 Å². The second kappa shape index (κ2) is 6.89. The average molecular weight is 283 g/mol. The Morgan fingerprint density at radius 3 is 2.75 bits per heavy atom. The van der Waals surface area contributed by atoms with E-state index in [-0.39, 0.29) is 15.0 Å². The maximum absolute atomic E-state index is 11.2. The first-order valence-electron chi connectivity index (χ1n) is 4.86. The summed E-state index contributed by atoms with van der Waals surface area (Å²) in [4.78, 5) is 13.3. The van der Waals surface area contributed by atoms with E-state index in [4.69, 9.17) is 10.00 Å². The molecular formula is C11H12N2O2Se. The summed E-state index contributed by atoms with van der Waals surface area (Å²) in [6.07, 6.45) is 0.359. The van der Waals surface area contributed by atoms with E-state index in [0.29, 0.717) is 12.3 Å². The second-order valence-electron chi connectivity index (χ2n) is 2.98. The Balaban J connectivity index is 2.49. The fourth-order valence-corrected chi connectivity index (χ4v) is 1.80. The summed E-state index contributed by atoms with van der Waals surface area (Å²) in [6, 6.07) is 7.20. The van der Waals surface area contributed by atoms with Crippen molar-refractivity contribution in [1.29, 1.82) is 5.26 Å². The molecule has 5 heteroatoms. The fourth-order valence-electron chi connectivity index (χ4n) is 1.01. The molecular weight excluding hydrogens is 271 g/mol. The first kappa shape index (κ1) is 12.6. The summed E-state index contributed by atoms with van der Waals surface area (Å²) in [7, 11) is 0. The molecule has 0 aliphatic heterocycles. The SMILES string of the molecule is CCCOC(=O)Nc1ccc([Se]C#N)cc1. The zero-order valence-corrected chi connectivity index (χ0v) is 10.6. The molecule has 0 saturated heterocycles. The molecule has 0 fully saturated rings. The van der Waals surface area contributed by atoms with E-state index < -0.39 is 6.09 Å². The standard InChI is InChI=1S/C11H12N2O2Se/c1-2-7-15-11(14)13-9-3-5-10(6-4-9)16-8-12/h3-6H,2,7H2,1H3,(H,13,14). The number of nitrogens with one attached hydrogen (secondary N) is 1. The number of rotatable bonds is 4. The molecule has 0 aliphatic carbocycles. The van der Waals surface area contributed by atoms with Crippen LogP contribution in [0.4, 0.5) is 10.5 Å². The van der Waals surface area contributed by atoms with E-state index in [9.17, 15) is 4.79 Å². The Kier molecular flexibility index (Phi) is 5.41. The van der Waals surface area contributed by atoms with Crippen molar-refractivity contribution in [3.05, 3.63) is 24.3 Å². The van der Waals surface area contributed by atoms with Gasteiger partial charge in [0.1, 0.15) is 0 Å². The minimum absolute atomic E-state index is 0.152. The molecule has 16 heavy (non-hydrogen) atoms. The molecule has 4 nitrogen and oxygen atoms in total. The molecule has 0 bridgehead atoms. The van der Waals surface area contributed by atoms with E-state index in [1.165, 1.54) is 0 Å². The Morgan fingerprint density at radius 1 is 1.50 bits per heavy atom. The molecule has 0 saturated carbocycles. The van der Waals surface area contributed by atoms with Gasteiger partial charge in [-0.2, -0.15) is 0 Å². The number of amides is 1. The molecule has 1 amide bonds. The zero-order chi connectivity index (χ0) is 11.8. The van der Waals surface area contributed by atoms with Crippen LogP contribution in [0.2, 0.25) is 0 Å². The van der Waals surface area contributed by atoms with Crippen molar-refractivity contribution in [2.45, 2.75) is 13.3 Å². The van der Waals surface area contributed by atoms with E-state index in [0.717, 1.165) is 10.9 Å². The van der Waals surface area contributed by atoms with Crippen molar-refractivity contribution in [3.8, 4) is 4.97 Å². The van der Waals surface area contributed by atoms with Gasteiger partial charge in [0.2, 0.25) is 0 Å². The van der Waals surface area contributed by atoms with Gasteiger partial charge in [-0.15, -0.1) is 0 Å². The predicted octanol–water partition coefficient (Wildman–Crippen LogP) is 1.46. The predicted molar refractivity (Wildman–Crippen MR) is 62.7 cm³/mol. The molecule has 0 radical (unpaired) electrons. The van der Waals surface area contributed by atoms with Crippen molar-refractivity contribution < 1.29 is 9.53 Å². The Morgan fingerprint density at radius 2 is 2.19 bits per heavy atom. The van der Waals surface area contributed by atoms with Gasteiger partial charge in [0.25, 0.3) is 0 Å². The van der Waals surface area contributed by atoms with Gasteiger partial charge in [0, 0.05) is 0 Å². The number of anilines is 1. The van der Waals surface area contributed by atoms with Crippen LogP contribution in [0.25, 0.3) is 0 Å². The van der Waals surface area contributed by atoms with Crippen LogP contribution in [0.1, 0.15) is 13.3 Å². The van der Waals surface area contributed by atoms with E-state index in [1.807, 2.05) is 19.1 Å². The number of carbonyl (C=O) groups is 1. The molecule has 0 atom stereocenters. The van der Waals surface area contributed by atoms with Crippen LogP contribution in [0.3, 0.4) is 0 Å². The molecule has 1 aromatic rings. The van der Waals surface area contributed by atoms with Crippen molar-refractivity contribution in [1.82, 2.24) is 0 Å². The van der Waals surface area contributed by atoms with Crippen LogP contribution in [-0.4, -0.2) is 27.7 Å². The van der Waals surface area contributed by atoms with E-state index in [1.54, 1.807) is 12.1 Å². The Labute approximate surface area is 101 Å². The monoisotopic (exact) mass is 284 g/mol. The maximum atomic E-state index is 11.2. The second-order valence-corrected chi connectivity index (χ2v) is 4.78. The third-order valence-electron chi connectivity index (χ3n) is 1.70. The van der Waals surface area contributed by atoms with Crippen LogP contribution in [0, 0.1) is 10.2 Å². The number of hydrogen-bond acceptors (Lipinski definition) is 3. The average Bonchev–Trinajstić information content (AvgIpc) is 2.29. The van der Waals surface area contributed by atoms with Crippen molar-refractivity contribution in [2.24, 2.45) is 0 Å². The quantitative estimate of drug-likeness (QED) is 0.851. The number of ether oxygens (including phenoxy) is 1. The van der Waals surface area contributed by atoms with Crippen LogP contribution in [0.5, 0.6) is 0 Å². The molecule has 0 heterocycles. The van der Waals surface area contributed by atoms with Crippen LogP contribution in [-0.2, 0) is 4.74 Å². The summed E-state index contributed by atoms with van der Waals surface area (Å²) in [6.45, 7) is 2.35. The summed E-state index contributed by atoms with van der Waals surface area (Å²) in [5.41, 5.74) is 0.679. The zero-order valence-electron chi connectivity index (χ0n) is 8.90. The minimum atomic E-state index is -0.444. The Hall–Kier alpha value is -1.50. The van der Waals surface area contributed by atoms with Gasteiger partial charge in [-0.3, -0.25) is 0 Å². The molecule has 0 unspecified atom stereocenters. The first-order chi connectivity index (χ1) is 7.76. The summed E-state index contributed by atoms with van der Waals surface area (Å²) in [5, 5.41) is 11.1. The van der Waals surface area contributed by atoms with Crippen molar-refractivity contribution in [2.75, 3.05) is 11.9 Å². The van der Waals surface area contributed by atoms with E-state index >= 15 is 0 Å². The summed E-state index contributed by atoms with van der Waals surface area (Å²) in [5.74, 6) is 0. The summed E-state index contributed by atoms with van der Waals surface area (Å²) < 4.78 is 5.86. The van der Waals surface area contributed by atoms with Gasteiger partial charge in [-0.25, -0.2) is 0 Å². The van der Waals surface area contributed by atoms with Gasteiger partial charge >= 0.3 is 100 Å². The molecule has 0 aliphatic rings. The molecule has 1 rings (SSSR count). The first-order valence-corrected chi connectivity index (χ1v) is 6.57. The van der Waals surface area contributed by atoms with Crippen LogP contribution >= 0.6 is 0 Å². The van der Waals surface area contributed by atoms with E-state index in [2.05, 4.69) is 10.3 Å². The number of nitrogens with zero attached hydrogens (tertiary/aromatic N) is 1. The van der Waals surface area contributed by atoms with Crippen molar-refractivity contribution in [3.63, 3.8) is 0 Å². The summed E-state index contributed by atoms with van der Waals surface area (Å²) >= 11 is -0.152. The molecule has 1 aromatic carbocycles. The van der Waals surface area contributed by atoms with Gasteiger partial charge in [-0.1, -0.05) is 0 Å². The topological polar surface area (TPSA) is 62.1 Å². The number of hydrogen-bond donors (Lipinski definition) is 1. The molecule has 84 valence electrons. The third kappa shape index (κ3) is 4.35. The molecule has 0 aromatic heterocycles. The number of nitriles is 1. The van der Waals surface area contributed by atoms with Crippen molar-refractivity contribution >= 4 is 31.2 Å². The molecule has 0 spiro atoms. The third-order valence-corrected chi connectivity index (χ3v) is 2.96. The van der Waals surface area contributed by atoms with Crippen LogP contribution < -0.4 is 9.78 Å². The normalized spacial score (nSPS) is 9.25. The molecule has 1 N–H and O–H groups in total.